The van der Waals surface area contributed by atoms with Crippen LogP contribution in [0, 0.1) is 0 Å². The second-order valence-electron chi connectivity index (χ2n) is 4.56. The van der Waals surface area contributed by atoms with Gasteiger partial charge in [0.25, 0.3) is 0 Å². The molecule has 0 radical (unpaired) electrons. The van der Waals surface area contributed by atoms with E-state index < -0.39 is 21.3 Å². The molecule has 0 fully saturated rings. The first-order chi connectivity index (χ1) is 9.75. The first kappa shape index (κ1) is 15.6. The highest BCUT2D eigenvalue weighted by Gasteiger charge is 2.33. The van der Waals surface area contributed by atoms with Crippen LogP contribution in [0.1, 0.15) is 12.5 Å². The molecule has 0 saturated heterocycles. The zero-order valence-corrected chi connectivity index (χ0v) is 12.3. The molecule has 2 rings (SSSR count). The highest BCUT2D eigenvalue weighted by molar-refractivity contribution is 8.00. The Labute approximate surface area is 121 Å². The second-order valence-corrected chi connectivity index (χ2v) is 7.31. The Kier molecular flexibility index (Phi) is 4.09. The topological polar surface area (TPSA) is 30.0 Å². The lowest BCUT2D eigenvalue weighted by Crippen LogP contribution is -2.07. The highest BCUT2D eigenvalue weighted by Crippen LogP contribution is 2.36. The Bertz CT molecular complexity index is 757. The van der Waals surface area contributed by atoms with E-state index in [2.05, 4.69) is 4.98 Å². The van der Waals surface area contributed by atoms with Crippen molar-refractivity contribution in [1.29, 1.82) is 0 Å². The highest BCUT2D eigenvalue weighted by atomic mass is 32.2. The molecule has 0 spiro atoms. The molecular formula is C15H14F3NOS. The third-order valence-electron chi connectivity index (χ3n) is 3.16. The average molecular weight is 313 g/mol. The maximum absolute atomic E-state index is 13.0. The summed E-state index contributed by atoms with van der Waals surface area (Å²) in [5, 5.41) is 1.56. The second kappa shape index (κ2) is 5.52. The quantitative estimate of drug-likeness (QED) is 0.788. The maximum Gasteiger partial charge on any atom is 0.417 e. The third-order valence-corrected chi connectivity index (χ3v) is 5.24. The predicted molar refractivity (Wildman–Crippen MR) is 78.7 cm³/mol. The fourth-order valence-electron chi connectivity index (χ4n) is 1.87. The number of nitrogens with zero attached hydrogens (tertiary/aromatic N) is 1. The lowest BCUT2D eigenvalue weighted by Gasteiger charge is -2.12. The summed E-state index contributed by atoms with van der Waals surface area (Å²) < 4.78 is 51.1. The van der Waals surface area contributed by atoms with Crippen LogP contribution >= 0.6 is 0 Å². The van der Waals surface area contributed by atoms with Crippen molar-refractivity contribution in [3.05, 3.63) is 48.2 Å². The third kappa shape index (κ3) is 3.26. The van der Waals surface area contributed by atoms with Crippen LogP contribution in [0.4, 0.5) is 13.2 Å². The molecule has 2 nitrogen and oxygen atoms in total. The van der Waals surface area contributed by atoms with Gasteiger partial charge < -0.3 is 0 Å². The molecule has 0 aliphatic carbocycles. The standard InChI is InChI=1S/C15H14F3NOS/c1-3-21(2,20)11-8-9-14(19-10-11)12-6-4-5-7-13(12)15(16,17)18/h3-10H,1-2H3. The van der Waals surface area contributed by atoms with Gasteiger partial charge in [0.1, 0.15) is 0 Å². The Hall–Kier alpha value is -1.82. The van der Waals surface area contributed by atoms with E-state index in [0.29, 0.717) is 4.90 Å². The summed E-state index contributed by atoms with van der Waals surface area (Å²) in [6.07, 6.45) is -1.51. The van der Waals surface area contributed by atoms with Crippen LogP contribution in [-0.2, 0) is 15.7 Å². The molecule has 0 N–H and O–H groups in total. The Morgan fingerprint density at radius 2 is 1.81 bits per heavy atom. The fourth-order valence-corrected chi connectivity index (χ4v) is 2.74. The SMILES string of the molecule is CC=S(C)(=O)c1ccc(-c2ccccc2C(F)(F)F)nc1. The van der Waals surface area contributed by atoms with Gasteiger partial charge in [0.05, 0.1) is 11.3 Å². The van der Waals surface area contributed by atoms with Crippen LogP contribution in [-0.4, -0.2) is 20.8 Å². The lowest BCUT2D eigenvalue weighted by molar-refractivity contribution is -0.137. The Morgan fingerprint density at radius 1 is 1.14 bits per heavy atom. The van der Waals surface area contributed by atoms with Gasteiger partial charge in [-0.25, -0.2) is 0 Å². The summed E-state index contributed by atoms with van der Waals surface area (Å²) >= 11 is 0. The average Bonchev–Trinajstić information content (AvgIpc) is 2.46. The normalized spacial score (nSPS) is 14.5. The van der Waals surface area contributed by atoms with Crippen molar-refractivity contribution in [2.45, 2.75) is 18.0 Å². The van der Waals surface area contributed by atoms with E-state index in [9.17, 15) is 17.4 Å². The minimum absolute atomic E-state index is 0.0135. The summed E-state index contributed by atoms with van der Waals surface area (Å²) in [6, 6.07) is 8.28. The molecule has 1 heterocycles. The minimum Gasteiger partial charge on any atom is -0.263 e. The summed E-state index contributed by atoms with van der Waals surface area (Å²) in [6.45, 7) is 1.68. The van der Waals surface area contributed by atoms with Crippen molar-refractivity contribution in [3.8, 4) is 11.3 Å². The van der Waals surface area contributed by atoms with E-state index in [0.717, 1.165) is 6.07 Å². The number of hydrogen-bond acceptors (Lipinski definition) is 2. The summed E-state index contributed by atoms with van der Waals surface area (Å²) in [5.74, 6) is 0. The largest absolute Gasteiger partial charge is 0.417 e. The van der Waals surface area contributed by atoms with Gasteiger partial charge in [0.2, 0.25) is 0 Å². The molecule has 6 heteroatoms. The van der Waals surface area contributed by atoms with E-state index in [1.165, 1.54) is 30.5 Å². The number of halogens is 3. The van der Waals surface area contributed by atoms with E-state index in [4.69, 9.17) is 0 Å². The molecule has 1 atom stereocenters. The van der Waals surface area contributed by atoms with Gasteiger partial charge in [-0.15, -0.1) is 0 Å². The molecule has 0 bridgehead atoms. The summed E-state index contributed by atoms with van der Waals surface area (Å²) in [4.78, 5) is 4.54. The van der Waals surface area contributed by atoms with Crippen LogP contribution in [0.5, 0.6) is 0 Å². The van der Waals surface area contributed by atoms with E-state index in [1.54, 1.807) is 24.6 Å². The Morgan fingerprint density at radius 3 is 2.33 bits per heavy atom. The van der Waals surface area contributed by atoms with Crippen molar-refractivity contribution >= 4 is 14.9 Å². The molecule has 0 aliphatic heterocycles. The van der Waals surface area contributed by atoms with Crippen LogP contribution in [0.2, 0.25) is 0 Å². The predicted octanol–water partition coefficient (Wildman–Crippen LogP) is 3.86. The van der Waals surface area contributed by atoms with Crippen LogP contribution < -0.4 is 0 Å². The molecule has 2 aromatic rings. The number of rotatable bonds is 2. The molecule has 1 aromatic carbocycles. The van der Waals surface area contributed by atoms with Gasteiger partial charge in [0.15, 0.2) is 0 Å². The van der Waals surface area contributed by atoms with Gasteiger partial charge in [0, 0.05) is 22.9 Å². The van der Waals surface area contributed by atoms with Crippen LogP contribution in [0.15, 0.2) is 47.5 Å². The number of pyridine rings is 1. The number of aromatic nitrogens is 1. The molecular weight excluding hydrogens is 299 g/mol. The lowest BCUT2D eigenvalue weighted by atomic mass is 10.0. The van der Waals surface area contributed by atoms with E-state index in [-0.39, 0.29) is 11.3 Å². The van der Waals surface area contributed by atoms with Crippen molar-refractivity contribution in [3.63, 3.8) is 0 Å². The molecule has 1 unspecified atom stereocenters. The van der Waals surface area contributed by atoms with Gasteiger partial charge in [-0.1, -0.05) is 18.2 Å². The fraction of sp³-hybridized carbons (Fsp3) is 0.200. The van der Waals surface area contributed by atoms with Crippen LogP contribution in [0.25, 0.3) is 11.3 Å². The van der Waals surface area contributed by atoms with E-state index in [1.807, 2.05) is 0 Å². The number of benzene rings is 1. The summed E-state index contributed by atoms with van der Waals surface area (Å²) in [7, 11) is -2.30. The first-order valence-corrected chi connectivity index (χ1v) is 8.20. The number of alkyl halides is 3. The molecule has 0 saturated carbocycles. The van der Waals surface area contributed by atoms with Gasteiger partial charge in [-0.05, 0) is 40.0 Å². The monoisotopic (exact) mass is 313 g/mol. The van der Waals surface area contributed by atoms with Crippen molar-refractivity contribution in [2.75, 3.05) is 6.26 Å². The van der Waals surface area contributed by atoms with Crippen molar-refractivity contribution in [2.24, 2.45) is 0 Å². The first-order valence-electron chi connectivity index (χ1n) is 6.17. The maximum atomic E-state index is 13.0. The smallest absolute Gasteiger partial charge is 0.263 e. The van der Waals surface area contributed by atoms with Gasteiger partial charge in [-0.3, -0.25) is 9.19 Å². The Balaban J connectivity index is 2.53. The zero-order valence-electron chi connectivity index (χ0n) is 11.5. The summed E-state index contributed by atoms with van der Waals surface area (Å²) in [5.41, 5.74) is -0.512. The van der Waals surface area contributed by atoms with E-state index >= 15 is 0 Å². The number of hydrogen-bond donors (Lipinski definition) is 0. The van der Waals surface area contributed by atoms with Crippen molar-refractivity contribution < 1.29 is 17.4 Å². The zero-order chi connectivity index (χ0) is 15.7. The van der Waals surface area contributed by atoms with Gasteiger partial charge in [-0.2, -0.15) is 13.2 Å². The van der Waals surface area contributed by atoms with Crippen molar-refractivity contribution in [1.82, 2.24) is 4.98 Å². The molecule has 0 amide bonds. The van der Waals surface area contributed by atoms with Gasteiger partial charge >= 0.3 is 6.18 Å². The molecule has 112 valence electrons. The minimum atomic E-state index is -4.44. The molecule has 0 aliphatic rings. The molecule has 21 heavy (non-hydrogen) atoms. The van der Waals surface area contributed by atoms with Crippen LogP contribution in [0.3, 0.4) is 0 Å². The molecule has 1 aromatic heterocycles.